The molecule has 2 aromatic carbocycles. The SMILES string of the molecule is O=C(N[C@@H](C(=O)O)c1ccccc1)c1ccc(Br)c(O)c1. The summed E-state index contributed by atoms with van der Waals surface area (Å²) in [6.07, 6.45) is 0. The van der Waals surface area contributed by atoms with E-state index in [9.17, 15) is 19.8 Å². The quantitative estimate of drug-likeness (QED) is 0.791. The van der Waals surface area contributed by atoms with Gasteiger partial charge in [0.25, 0.3) is 5.91 Å². The summed E-state index contributed by atoms with van der Waals surface area (Å²) >= 11 is 3.11. The van der Waals surface area contributed by atoms with E-state index in [1.54, 1.807) is 30.3 Å². The zero-order chi connectivity index (χ0) is 15.4. The monoisotopic (exact) mass is 349 g/mol. The minimum absolute atomic E-state index is 0.0887. The van der Waals surface area contributed by atoms with Crippen LogP contribution in [0, 0.1) is 0 Å². The molecule has 108 valence electrons. The topological polar surface area (TPSA) is 86.6 Å². The molecule has 2 rings (SSSR count). The van der Waals surface area contributed by atoms with Gasteiger partial charge in [-0.2, -0.15) is 0 Å². The van der Waals surface area contributed by atoms with Crippen LogP contribution >= 0.6 is 15.9 Å². The third kappa shape index (κ3) is 3.61. The maximum atomic E-state index is 12.1. The zero-order valence-electron chi connectivity index (χ0n) is 10.8. The lowest BCUT2D eigenvalue weighted by Gasteiger charge is -2.15. The molecule has 0 fully saturated rings. The fourth-order valence-corrected chi connectivity index (χ4v) is 2.05. The molecule has 0 saturated heterocycles. The molecule has 2 aromatic rings. The molecule has 1 amide bonds. The van der Waals surface area contributed by atoms with Crippen LogP contribution in [0.2, 0.25) is 0 Å². The first-order valence-electron chi connectivity index (χ1n) is 6.06. The number of hydrogen-bond donors (Lipinski definition) is 3. The smallest absolute Gasteiger partial charge is 0.330 e. The van der Waals surface area contributed by atoms with Crippen LogP contribution in [-0.4, -0.2) is 22.1 Å². The molecule has 0 aliphatic heterocycles. The maximum absolute atomic E-state index is 12.1. The lowest BCUT2D eigenvalue weighted by atomic mass is 10.1. The van der Waals surface area contributed by atoms with Crippen molar-refractivity contribution in [2.75, 3.05) is 0 Å². The third-order valence-corrected chi connectivity index (χ3v) is 3.53. The van der Waals surface area contributed by atoms with E-state index in [2.05, 4.69) is 21.2 Å². The lowest BCUT2D eigenvalue weighted by molar-refractivity contribution is -0.139. The molecule has 0 radical (unpaired) electrons. The molecule has 0 aliphatic rings. The first-order chi connectivity index (χ1) is 9.99. The number of nitrogens with one attached hydrogen (secondary N) is 1. The summed E-state index contributed by atoms with van der Waals surface area (Å²) in [7, 11) is 0. The summed E-state index contributed by atoms with van der Waals surface area (Å²) in [5, 5.41) is 21.2. The van der Waals surface area contributed by atoms with Gasteiger partial charge in [0, 0.05) is 5.56 Å². The molecule has 0 heterocycles. The molecule has 3 N–H and O–H groups in total. The van der Waals surface area contributed by atoms with Crippen molar-refractivity contribution in [3.8, 4) is 5.75 Å². The van der Waals surface area contributed by atoms with Crippen molar-refractivity contribution < 1.29 is 19.8 Å². The van der Waals surface area contributed by atoms with E-state index in [-0.39, 0.29) is 11.3 Å². The fraction of sp³-hybridized carbons (Fsp3) is 0.0667. The fourth-order valence-electron chi connectivity index (χ4n) is 1.80. The Kier molecular flexibility index (Phi) is 4.59. The van der Waals surface area contributed by atoms with Crippen molar-refractivity contribution in [2.45, 2.75) is 6.04 Å². The van der Waals surface area contributed by atoms with Crippen LogP contribution < -0.4 is 5.32 Å². The molecule has 0 aromatic heterocycles. The number of carboxylic acid groups (broad SMARTS) is 1. The van der Waals surface area contributed by atoms with Crippen molar-refractivity contribution in [1.82, 2.24) is 5.32 Å². The van der Waals surface area contributed by atoms with Gasteiger partial charge in [-0.25, -0.2) is 4.79 Å². The number of hydrogen-bond acceptors (Lipinski definition) is 3. The van der Waals surface area contributed by atoms with E-state index in [1.807, 2.05) is 0 Å². The van der Waals surface area contributed by atoms with Crippen LogP contribution in [0.3, 0.4) is 0 Å². The van der Waals surface area contributed by atoms with E-state index in [4.69, 9.17) is 0 Å². The molecule has 0 spiro atoms. The molecule has 0 bridgehead atoms. The van der Waals surface area contributed by atoms with Crippen molar-refractivity contribution in [2.24, 2.45) is 0 Å². The van der Waals surface area contributed by atoms with Crippen LogP contribution in [0.15, 0.2) is 53.0 Å². The first-order valence-corrected chi connectivity index (χ1v) is 6.85. The van der Waals surface area contributed by atoms with Gasteiger partial charge in [0.2, 0.25) is 0 Å². The predicted octanol–water partition coefficient (Wildman–Crippen LogP) is 2.71. The molecule has 0 aliphatic carbocycles. The van der Waals surface area contributed by atoms with Gasteiger partial charge in [0.1, 0.15) is 5.75 Å². The molecular formula is C15H12BrNO4. The van der Waals surface area contributed by atoms with E-state index in [0.717, 1.165) is 0 Å². The molecule has 0 unspecified atom stereocenters. The minimum atomic E-state index is -1.16. The molecule has 6 heteroatoms. The van der Waals surface area contributed by atoms with Gasteiger partial charge < -0.3 is 15.5 Å². The summed E-state index contributed by atoms with van der Waals surface area (Å²) in [5.74, 6) is -1.82. The number of rotatable bonds is 4. The van der Waals surface area contributed by atoms with Crippen LogP contribution in [0.25, 0.3) is 0 Å². The summed E-state index contributed by atoms with van der Waals surface area (Å²) < 4.78 is 0.455. The number of aliphatic carboxylic acids is 1. The molecular weight excluding hydrogens is 338 g/mol. The highest BCUT2D eigenvalue weighted by Crippen LogP contribution is 2.24. The Morgan fingerprint density at radius 2 is 1.76 bits per heavy atom. The number of phenolic OH excluding ortho intramolecular Hbond substituents is 1. The average molecular weight is 350 g/mol. The number of aromatic hydroxyl groups is 1. The number of halogens is 1. The first kappa shape index (κ1) is 15.1. The maximum Gasteiger partial charge on any atom is 0.330 e. The van der Waals surface area contributed by atoms with Crippen molar-refractivity contribution in [1.29, 1.82) is 0 Å². The van der Waals surface area contributed by atoms with Gasteiger partial charge in [0.05, 0.1) is 4.47 Å². The van der Waals surface area contributed by atoms with Gasteiger partial charge in [-0.15, -0.1) is 0 Å². The standard InChI is InChI=1S/C15H12BrNO4/c16-11-7-6-10(8-12(11)18)14(19)17-13(15(20)21)9-4-2-1-3-5-9/h1-8,13,18H,(H,17,19)(H,20,21)/t13-/m1/s1. The Morgan fingerprint density at radius 1 is 1.10 bits per heavy atom. The molecule has 1 atom stereocenters. The number of carbonyl (C=O) groups excluding carboxylic acids is 1. The van der Waals surface area contributed by atoms with Gasteiger partial charge in [-0.05, 0) is 39.7 Å². The van der Waals surface area contributed by atoms with E-state index in [0.29, 0.717) is 10.0 Å². The van der Waals surface area contributed by atoms with Crippen molar-refractivity contribution in [3.05, 3.63) is 64.1 Å². The summed E-state index contributed by atoms with van der Waals surface area (Å²) in [6.45, 7) is 0. The van der Waals surface area contributed by atoms with Gasteiger partial charge in [-0.3, -0.25) is 4.79 Å². The van der Waals surface area contributed by atoms with E-state index >= 15 is 0 Å². The Morgan fingerprint density at radius 3 is 2.33 bits per heavy atom. The Labute approximate surface area is 129 Å². The number of carbonyl (C=O) groups is 2. The largest absolute Gasteiger partial charge is 0.507 e. The second-order valence-electron chi connectivity index (χ2n) is 4.32. The molecule has 5 nitrogen and oxygen atoms in total. The number of phenols is 1. The zero-order valence-corrected chi connectivity index (χ0v) is 12.4. The van der Waals surface area contributed by atoms with Crippen LogP contribution in [-0.2, 0) is 4.79 Å². The highest BCUT2D eigenvalue weighted by molar-refractivity contribution is 9.10. The van der Waals surface area contributed by atoms with Gasteiger partial charge in [-0.1, -0.05) is 30.3 Å². The Hall–Kier alpha value is -2.34. The van der Waals surface area contributed by atoms with E-state index < -0.39 is 17.9 Å². The summed E-state index contributed by atoms with van der Waals surface area (Å²) in [5.41, 5.74) is 0.651. The van der Waals surface area contributed by atoms with Crippen LogP contribution in [0.4, 0.5) is 0 Å². The Bertz CT molecular complexity index is 673. The second kappa shape index (κ2) is 6.41. The Balaban J connectivity index is 2.23. The average Bonchev–Trinajstić information content (AvgIpc) is 2.48. The molecule has 21 heavy (non-hydrogen) atoms. The van der Waals surface area contributed by atoms with Gasteiger partial charge in [0.15, 0.2) is 6.04 Å². The third-order valence-electron chi connectivity index (χ3n) is 2.86. The summed E-state index contributed by atoms with van der Waals surface area (Å²) in [6, 6.07) is 11.5. The van der Waals surface area contributed by atoms with E-state index in [1.165, 1.54) is 18.2 Å². The van der Waals surface area contributed by atoms with Gasteiger partial charge >= 0.3 is 5.97 Å². The normalized spacial score (nSPS) is 11.7. The van der Waals surface area contributed by atoms with Crippen molar-refractivity contribution >= 4 is 27.8 Å². The summed E-state index contributed by atoms with van der Waals surface area (Å²) in [4.78, 5) is 23.4. The highest BCUT2D eigenvalue weighted by Gasteiger charge is 2.22. The molecule has 0 saturated carbocycles. The number of benzene rings is 2. The second-order valence-corrected chi connectivity index (χ2v) is 5.18. The van der Waals surface area contributed by atoms with Crippen LogP contribution in [0.5, 0.6) is 5.75 Å². The lowest BCUT2D eigenvalue weighted by Crippen LogP contribution is -2.33. The number of carboxylic acids is 1. The minimum Gasteiger partial charge on any atom is -0.507 e. The number of amides is 1. The predicted molar refractivity (Wildman–Crippen MR) is 80.1 cm³/mol. The van der Waals surface area contributed by atoms with Crippen molar-refractivity contribution in [3.63, 3.8) is 0 Å². The highest BCUT2D eigenvalue weighted by atomic mass is 79.9. The van der Waals surface area contributed by atoms with Crippen LogP contribution in [0.1, 0.15) is 22.0 Å².